The molecule has 0 atom stereocenters. The lowest BCUT2D eigenvalue weighted by atomic mass is 10.2. The number of carbonyl (C=O) groups is 1. The van der Waals surface area contributed by atoms with Gasteiger partial charge in [-0.15, -0.1) is 0 Å². The van der Waals surface area contributed by atoms with E-state index in [1.54, 1.807) is 24.8 Å². The van der Waals surface area contributed by atoms with E-state index in [2.05, 4.69) is 15.4 Å². The van der Waals surface area contributed by atoms with Gasteiger partial charge >= 0.3 is 0 Å². The average molecular weight is 380 g/mol. The maximum absolute atomic E-state index is 12.0. The normalized spacial score (nSPS) is 11.1. The van der Waals surface area contributed by atoms with Gasteiger partial charge < -0.3 is 14.8 Å². The number of aromatic nitrogens is 3. The van der Waals surface area contributed by atoms with Crippen molar-refractivity contribution >= 4 is 17.6 Å². The van der Waals surface area contributed by atoms with E-state index in [1.807, 2.05) is 43.6 Å². The minimum atomic E-state index is -0.133. The van der Waals surface area contributed by atoms with Crippen LogP contribution in [0.4, 0.5) is 0 Å². The molecule has 0 bridgehead atoms. The summed E-state index contributed by atoms with van der Waals surface area (Å²) in [7, 11) is 3.17. The van der Waals surface area contributed by atoms with Gasteiger partial charge in [0.05, 0.1) is 19.9 Å². The molecule has 0 fully saturated rings. The molecule has 0 radical (unpaired) electrons. The second-order valence-electron chi connectivity index (χ2n) is 6.39. The van der Waals surface area contributed by atoms with Crippen molar-refractivity contribution in [2.24, 2.45) is 0 Å². The summed E-state index contributed by atoms with van der Waals surface area (Å²) in [5.41, 5.74) is 3.74. The Hall–Kier alpha value is -3.35. The van der Waals surface area contributed by atoms with Gasteiger partial charge in [-0.25, -0.2) is 9.50 Å². The van der Waals surface area contributed by atoms with E-state index in [0.717, 1.165) is 35.3 Å². The second-order valence-corrected chi connectivity index (χ2v) is 6.39. The first kappa shape index (κ1) is 19.4. The van der Waals surface area contributed by atoms with Crippen molar-refractivity contribution in [3.05, 3.63) is 59.6 Å². The first-order chi connectivity index (χ1) is 13.6. The quantitative estimate of drug-likeness (QED) is 0.480. The molecule has 0 aliphatic heterocycles. The van der Waals surface area contributed by atoms with E-state index >= 15 is 0 Å². The van der Waals surface area contributed by atoms with Gasteiger partial charge in [0.15, 0.2) is 17.1 Å². The largest absolute Gasteiger partial charge is 0.493 e. The van der Waals surface area contributed by atoms with Gasteiger partial charge in [0.1, 0.15) is 0 Å². The van der Waals surface area contributed by atoms with Crippen molar-refractivity contribution in [1.29, 1.82) is 0 Å². The van der Waals surface area contributed by atoms with Crippen LogP contribution in [0.3, 0.4) is 0 Å². The number of ether oxygens (including phenoxy) is 2. The number of aryl methyl sites for hydroxylation is 2. The highest BCUT2D eigenvalue weighted by atomic mass is 16.5. The molecule has 146 valence electrons. The number of methoxy groups -OCH3 is 2. The fraction of sp³-hybridized carbons (Fsp3) is 0.286. The summed E-state index contributed by atoms with van der Waals surface area (Å²) >= 11 is 0. The maximum atomic E-state index is 12.0. The zero-order valence-electron chi connectivity index (χ0n) is 16.3. The van der Waals surface area contributed by atoms with Crippen LogP contribution in [0.5, 0.6) is 11.5 Å². The third-order valence-corrected chi connectivity index (χ3v) is 4.27. The molecule has 1 amide bonds. The summed E-state index contributed by atoms with van der Waals surface area (Å²) in [4.78, 5) is 16.4. The molecule has 28 heavy (non-hydrogen) atoms. The number of carbonyl (C=O) groups excluding carboxylic acids is 1. The molecule has 2 heterocycles. The lowest BCUT2D eigenvalue weighted by Gasteiger charge is -2.07. The van der Waals surface area contributed by atoms with Gasteiger partial charge in [-0.2, -0.15) is 5.10 Å². The van der Waals surface area contributed by atoms with E-state index in [-0.39, 0.29) is 5.91 Å². The predicted molar refractivity (Wildman–Crippen MR) is 108 cm³/mol. The first-order valence-electron chi connectivity index (χ1n) is 9.08. The van der Waals surface area contributed by atoms with Gasteiger partial charge in [-0.05, 0) is 49.1 Å². The topological polar surface area (TPSA) is 77.8 Å². The third kappa shape index (κ3) is 4.88. The van der Waals surface area contributed by atoms with Crippen LogP contribution in [-0.4, -0.2) is 41.3 Å². The fourth-order valence-electron chi connectivity index (χ4n) is 2.85. The highest BCUT2D eigenvalue weighted by molar-refractivity contribution is 5.91. The fourth-order valence-corrected chi connectivity index (χ4v) is 2.85. The molecule has 0 spiro atoms. The molecule has 0 unspecified atom stereocenters. The van der Waals surface area contributed by atoms with E-state index < -0.39 is 0 Å². The lowest BCUT2D eigenvalue weighted by Crippen LogP contribution is -2.22. The number of amides is 1. The van der Waals surface area contributed by atoms with Crippen LogP contribution >= 0.6 is 0 Å². The summed E-state index contributed by atoms with van der Waals surface area (Å²) in [6.07, 6.45) is 8.74. The zero-order valence-corrected chi connectivity index (χ0v) is 16.3. The van der Waals surface area contributed by atoms with E-state index in [0.29, 0.717) is 18.0 Å². The van der Waals surface area contributed by atoms with Crippen molar-refractivity contribution in [3.8, 4) is 11.5 Å². The molecule has 0 aliphatic carbocycles. The zero-order chi connectivity index (χ0) is 19.9. The van der Waals surface area contributed by atoms with Crippen LogP contribution in [0.15, 0.2) is 42.7 Å². The average Bonchev–Trinajstić information content (AvgIpc) is 3.08. The Morgan fingerprint density at radius 3 is 2.82 bits per heavy atom. The molecule has 3 rings (SSSR count). The van der Waals surface area contributed by atoms with Gasteiger partial charge in [0, 0.05) is 31.1 Å². The standard InChI is InChI=1S/C21H24N4O3/c1-15-11-20-23-13-17(14-25(20)24-15)5-4-10-22-21(26)9-7-16-6-8-18(27-2)19(12-16)28-3/h6-9,11-14H,4-5,10H2,1-3H3,(H,22,26)/b9-7+. The number of rotatable bonds is 8. The third-order valence-electron chi connectivity index (χ3n) is 4.27. The number of hydrogen-bond acceptors (Lipinski definition) is 5. The van der Waals surface area contributed by atoms with Crippen molar-refractivity contribution in [2.75, 3.05) is 20.8 Å². The van der Waals surface area contributed by atoms with E-state index in [4.69, 9.17) is 9.47 Å². The molecule has 0 aliphatic rings. The van der Waals surface area contributed by atoms with Gasteiger partial charge in [0.25, 0.3) is 0 Å². The highest BCUT2D eigenvalue weighted by Crippen LogP contribution is 2.27. The van der Waals surface area contributed by atoms with E-state index in [9.17, 15) is 4.79 Å². The minimum absolute atomic E-state index is 0.133. The van der Waals surface area contributed by atoms with Crippen molar-refractivity contribution in [1.82, 2.24) is 19.9 Å². The van der Waals surface area contributed by atoms with Gasteiger partial charge in [-0.3, -0.25) is 4.79 Å². The van der Waals surface area contributed by atoms with Crippen molar-refractivity contribution < 1.29 is 14.3 Å². The van der Waals surface area contributed by atoms with Crippen LogP contribution in [-0.2, 0) is 11.2 Å². The Morgan fingerprint density at radius 1 is 1.21 bits per heavy atom. The van der Waals surface area contributed by atoms with Crippen LogP contribution in [0.25, 0.3) is 11.7 Å². The molecule has 7 nitrogen and oxygen atoms in total. The molecular formula is C21H24N4O3. The minimum Gasteiger partial charge on any atom is -0.493 e. The number of fused-ring (bicyclic) bond motifs is 1. The number of nitrogens with zero attached hydrogens (tertiary/aromatic N) is 3. The van der Waals surface area contributed by atoms with Crippen LogP contribution < -0.4 is 14.8 Å². The molecule has 0 saturated heterocycles. The van der Waals surface area contributed by atoms with Gasteiger partial charge in [0.2, 0.25) is 5.91 Å². The molecule has 7 heteroatoms. The number of benzene rings is 1. The highest BCUT2D eigenvalue weighted by Gasteiger charge is 2.04. The Bertz CT molecular complexity index is 994. The molecule has 0 saturated carbocycles. The SMILES string of the molecule is COc1ccc(/C=C/C(=O)NCCCc2cnc3cc(C)nn3c2)cc1OC. The number of nitrogens with one attached hydrogen (secondary N) is 1. The summed E-state index contributed by atoms with van der Waals surface area (Å²) in [6.45, 7) is 2.53. The van der Waals surface area contributed by atoms with Crippen molar-refractivity contribution in [3.63, 3.8) is 0 Å². The summed E-state index contributed by atoms with van der Waals surface area (Å²) in [6, 6.07) is 7.44. The number of hydrogen-bond donors (Lipinski definition) is 1. The summed E-state index contributed by atoms with van der Waals surface area (Å²) in [5.74, 6) is 1.15. The molecule has 1 N–H and O–H groups in total. The summed E-state index contributed by atoms with van der Waals surface area (Å²) < 4.78 is 12.3. The Labute approximate surface area is 164 Å². The smallest absolute Gasteiger partial charge is 0.243 e. The second kappa shape index (κ2) is 9.03. The molecule has 3 aromatic rings. The Morgan fingerprint density at radius 2 is 2.04 bits per heavy atom. The molecule has 2 aromatic heterocycles. The predicted octanol–water partition coefficient (Wildman–Crippen LogP) is 2.82. The Balaban J connectivity index is 1.46. The molecule has 1 aromatic carbocycles. The van der Waals surface area contributed by atoms with E-state index in [1.165, 1.54) is 6.08 Å². The maximum Gasteiger partial charge on any atom is 0.243 e. The van der Waals surface area contributed by atoms with Crippen molar-refractivity contribution in [2.45, 2.75) is 19.8 Å². The first-order valence-corrected chi connectivity index (χ1v) is 9.08. The summed E-state index contributed by atoms with van der Waals surface area (Å²) in [5, 5.41) is 7.26. The van der Waals surface area contributed by atoms with Crippen LogP contribution in [0.1, 0.15) is 23.2 Å². The lowest BCUT2D eigenvalue weighted by molar-refractivity contribution is -0.116. The molecular weight excluding hydrogens is 356 g/mol. The monoisotopic (exact) mass is 380 g/mol. The Kier molecular flexibility index (Phi) is 6.26. The van der Waals surface area contributed by atoms with Crippen LogP contribution in [0.2, 0.25) is 0 Å². The van der Waals surface area contributed by atoms with Gasteiger partial charge in [-0.1, -0.05) is 6.07 Å². The van der Waals surface area contributed by atoms with Crippen LogP contribution in [0, 0.1) is 6.92 Å².